The molecule has 28 heavy (non-hydrogen) atoms. The summed E-state index contributed by atoms with van der Waals surface area (Å²) in [6, 6.07) is 11.2. The van der Waals surface area contributed by atoms with Crippen molar-refractivity contribution in [3.63, 3.8) is 0 Å². The van der Waals surface area contributed by atoms with Gasteiger partial charge < -0.3 is 20.1 Å². The average Bonchev–Trinajstić information content (AvgIpc) is 2.71. The van der Waals surface area contributed by atoms with Crippen LogP contribution in [0.25, 0.3) is 0 Å². The summed E-state index contributed by atoms with van der Waals surface area (Å²) in [5.74, 6) is -0.872. The molecule has 0 unspecified atom stereocenters. The van der Waals surface area contributed by atoms with Crippen molar-refractivity contribution in [1.82, 2.24) is 10.2 Å². The van der Waals surface area contributed by atoms with Gasteiger partial charge in [-0.1, -0.05) is 0 Å². The van der Waals surface area contributed by atoms with Crippen molar-refractivity contribution in [3.8, 4) is 11.5 Å². The van der Waals surface area contributed by atoms with Gasteiger partial charge in [0.25, 0.3) is 5.91 Å². The fourth-order valence-electron chi connectivity index (χ4n) is 2.35. The molecule has 1 aromatic heterocycles. The van der Waals surface area contributed by atoms with E-state index < -0.39 is 17.5 Å². The van der Waals surface area contributed by atoms with Gasteiger partial charge in [-0.25, -0.2) is 8.78 Å². The zero-order valence-corrected chi connectivity index (χ0v) is 15.0. The van der Waals surface area contributed by atoms with Crippen molar-refractivity contribution in [1.29, 1.82) is 0 Å². The highest BCUT2D eigenvalue weighted by atomic mass is 19.2. The summed E-state index contributed by atoms with van der Waals surface area (Å²) in [4.78, 5) is 12.4. The number of benzene rings is 2. The number of nitrogens with zero attached hydrogens (tertiary/aromatic N) is 2. The van der Waals surface area contributed by atoms with Gasteiger partial charge in [0, 0.05) is 17.3 Å². The first-order chi connectivity index (χ1) is 13.5. The summed E-state index contributed by atoms with van der Waals surface area (Å²) in [6.07, 6.45) is 0. The normalized spacial score (nSPS) is 10.3. The molecule has 9 heteroatoms. The van der Waals surface area contributed by atoms with E-state index >= 15 is 0 Å². The maximum Gasteiger partial charge on any atom is 0.257 e. The van der Waals surface area contributed by atoms with Crippen LogP contribution in [0.3, 0.4) is 0 Å². The third kappa shape index (κ3) is 4.32. The standard InChI is InChI=1S/C19H16F2N4O3/c1-27-15-6-3-11(9-16(15)28-2)19(26)23-18-8-7-17(24-25-18)22-12-4-5-13(20)14(21)10-12/h3-10H,1-2H3,(H,22,24)(H,23,25,26). The fraction of sp³-hybridized carbons (Fsp3) is 0.105. The number of amides is 1. The van der Waals surface area contributed by atoms with Crippen molar-refractivity contribution >= 4 is 23.2 Å². The lowest BCUT2D eigenvalue weighted by molar-refractivity contribution is 0.102. The number of hydrogen-bond acceptors (Lipinski definition) is 6. The van der Waals surface area contributed by atoms with Crippen molar-refractivity contribution in [2.75, 3.05) is 24.9 Å². The summed E-state index contributed by atoms with van der Waals surface area (Å²) >= 11 is 0. The molecule has 0 aliphatic heterocycles. The Bertz CT molecular complexity index is 997. The molecule has 7 nitrogen and oxygen atoms in total. The molecule has 144 valence electrons. The van der Waals surface area contributed by atoms with Gasteiger partial charge in [-0.05, 0) is 42.5 Å². The molecule has 0 aliphatic carbocycles. The number of rotatable bonds is 6. The highest BCUT2D eigenvalue weighted by molar-refractivity contribution is 6.04. The smallest absolute Gasteiger partial charge is 0.257 e. The number of ether oxygens (including phenoxy) is 2. The molecular weight excluding hydrogens is 370 g/mol. The maximum absolute atomic E-state index is 13.2. The van der Waals surface area contributed by atoms with E-state index in [-0.39, 0.29) is 5.82 Å². The van der Waals surface area contributed by atoms with Crippen LogP contribution < -0.4 is 20.1 Å². The van der Waals surface area contributed by atoms with Crippen LogP contribution in [0.4, 0.5) is 26.1 Å². The second kappa shape index (κ2) is 8.30. The van der Waals surface area contributed by atoms with E-state index in [2.05, 4.69) is 20.8 Å². The molecule has 0 spiro atoms. The van der Waals surface area contributed by atoms with Crippen LogP contribution in [-0.4, -0.2) is 30.3 Å². The minimum absolute atomic E-state index is 0.218. The number of carbonyl (C=O) groups is 1. The second-order valence-electron chi connectivity index (χ2n) is 5.58. The summed E-state index contributed by atoms with van der Waals surface area (Å²) in [6.45, 7) is 0. The zero-order chi connectivity index (χ0) is 20.1. The SMILES string of the molecule is COc1ccc(C(=O)Nc2ccc(Nc3ccc(F)c(F)c3)nn2)cc1OC. The molecule has 3 aromatic rings. The van der Waals surface area contributed by atoms with E-state index in [0.717, 1.165) is 12.1 Å². The molecule has 0 radical (unpaired) electrons. The first-order valence-corrected chi connectivity index (χ1v) is 8.09. The molecule has 3 rings (SSSR count). The Hall–Kier alpha value is -3.75. The molecule has 0 aliphatic rings. The molecular formula is C19H16F2N4O3. The van der Waals surface area contributed by atoms with Gasteiger partial charge in [0.15, 0.2) is 34.8 Å². The Kier molecular flexibility index (Phi) is 5.64. The zero-order valence-electron chi connectivity index (χ0n) is 15.0. The Labute approximate surface area is 159 Å². The van der Waals surface area contributed by atoms with Gasteiger partial charge in [-0.3, -0.25) is 4.79 Å². The van der Waals surface area contributed by atoms with Crippen molar-refractivity contribution in [2.24, 2.45) is 0 Å². The number of anilines is 3. The lowest BCUT2D eigenvalue weighted by atomic mass is 10.2. The molecule has 1 heterocycles. The largest absolute Gasteiger partial charge is 0.493 e. The van der Waals surface area contributed by atoms with Crippen molar-refractivity contribution in [2.45, 2.75) is 0 Å². The van der Waals surface area contributed by atoms with Crippen LogP contribution in [0.1, 0.15) is 10.4 Å². The minimum atomic E-state index is -0.975. The maximum atomic E-state index is 13.2. The number of aromatic nitrogens is 2. The molecule has 0 saturated carbocycles. The summed E-state index contributed by atoms with van der Waals surface area (Å²) in [5, 5.41) is 13.2. The quantitative estimate of drug-likeness (QED) is 0.671. The molecule has 2 N–H and O–H groups in total. The first kappa shape index (κ1) is 19.0. The van der Waals surface area contributed by atoms with Crippen LogP contribution in [0, 0.1) is 11.6 Å². The van der Waals surface area contributed by atoms with Gasteiger partial charge in [-0.15, -0.1) is 10.2 Å². The lowest BCUT2D eigenvalue weighted by Crippen LogP contribution is -2.13. The summed E-state index contributed by atoms with van der Waals surface area (Å²) in [5.41, 5.74) is 0.666. The van der Waals surface area contributed by atoms with Crippen LogP contribution in [0.5, 0.6) is 11.5 Å². The van der Waals surface area contributed by atoms with E-state index in [0.29, 0.717) is 28.6 Å². The van der Waals surface area contributed by atoms with Gasteiger partial charge >= 0.3 is 0 Å². The van der Waals surface area contributed by atoms with Crippen LogP contribution in [-0.2, 0) is 0 Å². The third-order valence-electron chi connectivity index (χ3n) is 3.74. The van der Waals surface area contributed by atoms with E-state index in [1.54, 1.807) is 24.3 Å². The number of methoxy groups -OCH3 is 2. The Morgan fingerprint density at radius 1 is 0.857 bits per heavy atom. The summed E-state index contributed by atoms with van der Waals surface area (Å²) < 4.78 is 36.5. The van der Waals surface area contributed by atoms with E-state index in [9.17, 15) is 13.6 Å². The monoisotopic (exact) mass is 386 g/mol. The summed E-state index contributed by atoms with van der Waals surface area (Å²) in [7, 11) is 2.98. The van der Waals surface area contributed by atoms with Gasteiger partial charge in [0.2, 0.25) is 0 Å². The minimum Gasteiger partial charge on any atom is -0.493 e. The number of halogens is 2. The average molecular weight is 386 g/mol. The predicted octanol–water partition coefficient (Wildman–Crippen LogP) is 3.77. The van der Waals surface area contributed by atoms with Gasteiger partial charge in [-0.2, -0.15) is 0 Å². The van der Waals surface area contributed by atoms with Crippen LogP contribution >= 0.6 is 0 Å². The van der Waals surface area contributed by atoms with Crippen LogP contribution in [0.15, 0.2) is 48.5 Å². The number of carbonyl (C=O) groups excluding carboxylic acids is 1. The molecule has 0 fully saturated rings. The predicted molar refractivity (Wildman–Crippen MR) is 99.2 cm³/mol. The van der Waals surface area contributed by atoms with Gasteiger partial charge in [0.1, 0.15) is 0 Å². The van der Waals surface area contributed by atoms with Gasteiger partial charge in [0.05, 0.1) is 14.2 Å². The Balaban J connectivity index is 1.68. The molecule has 1 amide bonds. The Morgan fingerprint density at radius 2 is 1.57 bits per heavy atom. The Morgan fingerprint density at radius 3 is 2.21 bits per heavy atom. The highest BCUT2D eigenvalue weighted by Gasteiger charge is 2.12. The fourth-order valence-corrected chi connectivity index (χ4v) is 2.35. The van der Waals surface area contributed by atoms with E-state index in [1.165, 1.54) is 26.4 Å². The lowest BCUT2D eigenvalue weighted by Gasteiger charge is -2.10. The molecule has 0 saturated heterocycles. The van der Waals surface area contributed by atoms with Crippen molar-refractivity contribution in [3.05, 3.63) is 65.7 Å². The first-order valence-electron chi connectivity index (χ1n) is 8.09. The topological polar surface area (TPSA) is 85.4 Å². The van der Waals surface area contributed by atoms with E-state index in [4.69, 9.17) is 9.47 Å². The number of hydrogen-bond donors (Lipinski definition) is 2. The number of nitrogens with one attached hydrogen (secondary N) is 2. The van der Waals surface area contributed by atoms with E-state index in [1.807, 2.05) is 0 Å². The molecule has 0 bridgehead atoms. The van der Waals surface area contributed by atoms with Crippen LogP contribution in [0.2, 0.25) is 0 Å². The molecule has 0 atom stereocenters. The third-order valence-corrected chi connectivity index (χ3v) is 3.74. The second-order valence-corrected chi connectivity index (χ2v) is 5.58. The highest BCUT2D eigenvalue weighted by Crippen LogP contribution is 2.27. The molecule has 2 aromatic carbocycles. The van der Waals surface area contributed by atoms with Crippen molar-refractivity contribution < 1.29 is 23.0 Å².